The van der Waals surface area contributed by atoms with Gasteiger partial charge in [0.2, 0.25) is 23.6 Å². The molecule has 0 saturated carbocycles. The Labute approximate surface area is 212 Å². The molecule has 0 saturated heterocycles. The van der Waals surface area contributed by atoms with Crippen LogP contribution in [0.3, 0.4) is 0 Å². The average molecular weight is 533 g/mol. The van der Waals surface area contributed by atoms with E-state index >= 15 is 0 Å². The molecule has 0 fully saturated rings. The van der Waals surface area contributed by atoms with Crippen LogP contribution < -0.4 is 38.9 Å². The lowest BCUT2D eigenvalue weighted by Gasteiger charge is -2.26. The highest BCUT2D eigenvalue weighted by molar-refractivity contribution is 5.94. The van der Waals surface area contributed by atoms with E-state index in [2.05, 4.69) is 20.9 Å². The summed E-state index contributed by atoms with van der Waals surface area (Å²) in [6.45, 7) is 1.25. The Morgan fingerprint density at radius 2 is 1.41 bits per heavy atom. The number of nitrogens with one attached hydrogen (secondary N) is 3. The van der Waals surface area contributed by atoms with Gasteiger partial charge in [-0.15, -0.1) is 0 Å². The van der Waals surface area contributed by atoms with Gasteiger partial charge in [0.25, 0.3) is 0 Å². The number of guanidine groups is 1. The fraction of sp³-hybridized carbons (Fsp3) is 0.650. The van der Waals surface area contributed by atoms with E-state index < -0.39 is 78.7 Å². The fourth-order valence-electron chi connectivity index (χ4n) is 2.93. The molecule has 0 radical (unpaired) electrons. The van der Waals surface area contributed by atoms with Gasteiger partial charge < -0.3 is 54.2 Å². The summed E-state index contributed by atoms with van der Waals surface area (Å²) in [4.78, 5) is 74.8. The van der Waals surface area contributed by atoms with Crippen LogP contribution in [-0.4, -0.2) is 93.7 Å². The summed E-state index contributed by atoms with van der Waals surface area (Å²) in [5, 5.41) is 34.7. The predicted octanol–water partition coefficient (Wildman–Crippen LogP) is -4.58. The zero-order valence-corrected chi connectivity index (χ0v) is 20.4. The van der Waals surface area contributed by atoms with Crippen LogP contribution in [0.15, 0.2) is 4.99 Å². The second-order valence-corrected chi connectivity index (χ2v) is 8.18. The van der Waals surface area contributed by atoms with E-state index in [1.54, 1.807) is 0 Å². The summed E-state index contributed by atoms with van der Waals surface area (Å²) in [7, 11) is 0. The van der Waals surface area contributed by atoms with Gasteiger partial charge in [-0.05, 0) is 32.6 Å². The van der Waals surface area contributed by atoms with Crippen molar-refractivity contribution in [1.29, 1.82) is 0 Å². The Balaban J connectivity index is 5.54. The van der Waals surface area contributed by atoms with Gasteiger partial charge in [0.1, 0.15) is 18.1 Å². The minimum Gasteiger partial charge on any atom is -0.481 e. The molecule has 0 bridgehead atoms. The Kier molecular flexibility index (Phi) is 14.8. The maximum Gasteiger partial charge on any atom is 0.326 e. The fourth-order valence-corrected chi connectivity index (χ4v) is 2.93. The number of carboxylic acid groups (broad SMARTS) is 2. The number of carbonyl (C=O) groups excluding carboxylic acids is 4. The van der Waals surface area contributed by atoms with Crippen molar-refractivity contribution < 1.29 is 44.1 Å². The molecule has 0 aromatic heterocycles. The summed E-state index contributed by atoms with van der Waals surface area (Å²) in [6.07, 6.45) is -2.58. The number of aliphatic imine (C=N–C) groups is 1. The third-order valence-corrected chi connectivity index (χ3v) is 4.94. The minimum atomic E-state index is -1.65. The van der Waals surface area contributed by atoms with Gasteiger partial charge >= 0.3 is 11.9 Å². The number of nitrogens with zero attached hydrogens (tertiary/aromatic N) is 1. The summed E-state index contributed by atoms with van der Waals surface area (Å²) >= 11 is 0. The largest absolute Gasteiger partial charge is 0.481 e. The number of hydrogen-bond donors (Lipinski definition) is 10. The van der Waals surface area contributed by atoms with Gasteiger partial charge in [0, 0.05) is 19.4 Å². The highest BCUT2D eigenvalue weighted by Gasteiger charge is 2.32. The van der Waals surface area contributed by atoms with Crippen molar-refractivity contribution in [2.45, 2.75) is 75.7 Å². The normalized spacial score (nSPS) is 14.7. The number of carbonyl (C=O) groups is 6. The molecule has 14 N–H and O–H groups in total. The molecule has 0 spiro atoms. The molecule has 210 valence electrons. The summed E-state index contributed by atoms with van der Waals surface area (Å²) in [5.41, 5.74) is 21.3. The maximum absolute atomic E-state index is 12.9. The van der Waals surface area contributed by atoms with Crippen LogP contribution in [0.4, 0.5) is 0 Å². The van der Waals surface area contributed by atoms with Crippen LogP contribution in [-0.2, 0) is 28.8 Å². The molecule has 0 rings (SSSR count). The first-order valence-corrected chi connectivity index (χ1v) is 11.3. The molecule has 0 aromatic rings. The van der Waals surface area contributed by atoms with E-state index in [1.165, 1.54) is 0 Å². The van der Waals surface area contributed by atoms with Gasteiger partial charge in [-0.25, -0.2) is 4.79 Å². The van der Waals surface area contributed by atoms with Crippen molar-refractivity contribution in [3.8, 4) is 0 Å². The zero-order valence-electron chi connectivity index (χ0n) is 20.4. The molecular weight excluding hydrogens is 496 g/mol. The van der Waals surface area contributed by atoms with Crippen LogP contribution in [0.5, 0.6) is 0 Å². The Hall–Kier alpha value is -3.99. The van der Waals surface area contributed by atoms with Gasteiger partial charge in [0.15, 0.2) is 5.96 Å². The SMILES string of the molecule is CC(O)C(NC(=O)C(CCCN=C(N)N)NC(=O)C(N)CCC(N)=O)C(=O)NC(CCC(=O)O)C(=O)O. The topological polar surface area (TPSA) is 316 Å². The Morgan fingerprint density at radius 1 is 0.811 bits per heavy atom. The number of aliphatic hydroxyl groups is 1. The number of rotatable bonds is 18. The van der Waals surface area contributed by atoms with Crippen LogP contribution in [0.2, 0.25) is 0 Å². The molecule has 0 aliphatic carbocycles. The first-order valence-electron chi connectivity index (χ1n) is 11.3. The molecule has 37 heavy (non-hydrogen) atoms. The second kappa shape index (κ2) is 16.6. The molecule has 17 nitrogen and oxygen atoms in total. The van der Waals surface area contributed by atoms with Gasteiger partial charge in [-0.2, -0.15) is 0 Å². The molecule has 5 atom stereocenters. The Bertz CT molecular complexity index is 861. The third kappa shape index (κ3) is 14.2. The molecule has 17 heteroatoms. The van der Waals surface area contributed by atoms with E-state index in [0.717, 1.165) is 6.92 Å². The van der Waals surface area contributed by atoms with Gasteiger partial charge in [-0.3, -0.25) is 29.0 Å². The smallest absolute Gasteiger partial charge is 0.326 e. The van der Waals surface area contributed by atoms with E-state index in [4.69, 9.17) is 28.0 Å². The zero-order chi connectivity index (χ0) is 28.7. The molecule has 0 aromatic carbocycles. The standard InChI is InChI=1S/C20H36N8O9/c1-9(29)15(18(35)27-12(19(36)37)5-7-14(31)32)28-17(34)11(3-2-8-25-20(23)24)26-16(33)10(21)4-6-13(22)30/h9-12,15,29H,2-8,21H2,1H3,(H2,22,30)(H,26,33)(H,27,35)(H,28,34)(H,31,32)(H,36,37)(H4,23,24,25). The lowest BCUT2D eigenvalue weighted by molar-refractivity contribution is -0.144. The van der Waals surface area contributed by atoms with Crippen LogP contribution >= 0.6 is 0 Å². The lowest BCUT2D eigenvalue weighted by Crippen LogP contribution is -2.59. The maximum atomic E-state index is 12.9. The lowest BCUT2D eigenvalue weighted by atomic mass is 10.1. The molecule has 0 aliphatic heterocycles. The summed E-state index contributed by atoms with van der Waals surface area (Å²) in [5.74, 6) is -6.47. The minimum absolute atomic E-state index is 0.0264. The Morgan fingerprint density at radius 3 is 1.89 bits per heavy atom. The number of nitrogens with two attached hydrogens (primary N) is 4. The molecule has 0 heterocycles. The van der Waals surface area contributed by atoms with Crippen LogP contribution in [0.25, 0.3) is 0 Å². The van der Waals surface area contributed by atoms with Crippen molar-refractivity contribution in [2.75, 3.05) is 6.54 Å². The highest BCUT2D eigenvalue weighted by Crippen LogP contribution is 2.05. The molecular formula is C20H36N8O9. The van der Waals surface area contributed by atoms with Crippen molar-refractivity contribution in [1.82, 2.24) is 16.0 Å². The number of aliphatic carboxylic acids is 2. The predicted molar refractivity (Wildman–Crippen MR) is 128 cm³/mol. The first kappa shape index (κ1) is 33.0. The average Bonchev–Trinajstić information content (AvgIpc) is 2.79. The number of carboxylic acids is 2. The van der Waals surface area contributed by atoms with E-state index in [0.29, 0.717) is 0 Å². The van der Waals surface area contributed by atoms with Crippen LogP contribution in [0, 0.1) is 0 Å². The van der Waals surface area contributed by atoms with Crippen molar-refractivity contribution in [3.05, 3.63) is 0 Å². The number of primary amides is 1. The van der Waals surface area contributed by atoms with Crippen molar-refractivity contribution in [3.63, 3.8) is 0 Å². The number of hydrogen-bond acceptors (Lipinski definition) is 9. The van der Waals surface area contributed by atoms with Crippen molar-refractivity contribution in [2.24, 2.45) is 27.9 Å². The first-order chi connectivity index (χ1) is 17.1. The van der Waals surface area contributed by atoms with E-state index in [1.807, 2.05) is 0 Å². The van der Waals surface area contributed by atoms with Gasteiger partial charge in [0.05, 0.1) is 12.1 Å². The van der Waals surface area contributed by atoms with Crippen molar-refractivity contribution >= 4 is 41.5 Å². The molecule has 4 amide bonds. The van der Waals surface area contributed by atoms with E-state index in [9.17, 15) is 39.0 Å². The molecule has 5 unspecified atom stereocenters. The third-order valence-electron chi connectivity index (χ3n) is 4.94. The van der Waals surface area contributed by atoms with Crippen LogP contribution in [0.1, 0.15) is 45.4 Å². The monoisotopic (exact) mass is 532 g/mol. The van der Waals surface area contributed by atoms with E-state index in [-0.39, 0.29) is 38.2 Å². The highest BCUT2D eigenvalue weighted by atomic mass is 16.4. The molecule has 0 aliphatic rings. The summed E-state index contributed by atoms with van der Waals surface area (Å²) < 4.78 is 0. The number of amides is 4. The quantitative estimate of drug-likeness (QED) is 0.0453. The number of aliphatic hydroxyl groups excluding tert-OH is 1. The summed E-state index contributed by atoms with van der Waals surface area (Å²) in [6, 6.07) is -5.71. The second-order valence-electron chi connectivity index (χ2n) is 8.18. The van der Waals surface area contributed by atoms with Gasteiger partial charge in [-0.1, -0.05) is 0 Å².